The van der Waals surface area contributed by atoms with Gasteiger partial charge in [-0.1, -0.05) is 12.1 Å². The minimum atomic E-state index is -0.405. The third-order valence-corrected chi connectivity index (χ3v) is 1.82. The molecule has 0 aliphatic carbocycles. The van der Waals surface area contributed by atoms with Crippen LogP contribution in [0.25, 0.3) is 0 Å². The highest BCUT2D eigenvalue weighted by atomic mass is 19.1. The van der Waals surface area contributed by atoms with Crippen LogP contribution in [0.5, 0.6) is 0 Å². The van der Waals surface area contributed by atoms with Gasteiger partial charge in [-0.05, 0) is 24.1 Å². The molecule has 1 rings (SSSR count). The first-order chi connectivity index (χ1) is 6.09. The van der Waals surface area contributed by atoms with Crippen molar-refractivity contribution in [3.63, 3.8) is 0 Å². The first-order valence-electron chi connectivity index (χ1n) is 3.96. The first-order valence-corrected chi connectivity index (χ1v) is 3.96. The second kappa shape index (κ2) is 3.98. The van der Waals surface area contributed by atoms with E-state index in [-0.39, 0.29) is 18.8 Å². The van der Waals surface area contributed by atoms with Crippen molar-refractivity contribution in [2.45, 2.75) is 13.3 Å². The van der Waals surface area contributed by atoms with Crippen molar-refractivity contribution in [3.05, 3.63) is 45.3 Å². The molecule has 3 nitrogen and oxygen atoms in total. The molecule has 0 aliphatic heterocycles. The number of hydrogen-bond acceptors (Lipinski definition) is 2. The number of hydrogen-bond donors (Lipinski definition) is 0. The second-order valence-electron chi connectivity index (χ2n) is 2.89. The summed E-state index contributed by atoms with van der Waals surface area (Å²) in [6.07, 6.45) is 0.282. The lowest BCUT2D eigenvalue weighted by atomic mass is 10.1. The number of nitro groups is 1. The smallest absolute Gasteiger partial charge is 0.207 e. The van der Waals surface area contributed by atoms with E-state index in [0.717, 1.165) is 0 Å². The Labute approximate surface area is 75.3 Å². The van der Waals surface area contributed by atoms with Gasteiger partial charge in [0.1, 0.15) is 5.82 Å². The van der Waals surface area contributed by atoms with Gasteiger partial charge in [-0.15, -0.1) is 0 Å². The van der Waals surface area contributed by atoms with Crippen LogP contribution in [-0.4, -0.2) is 11.5 Å². The summed E-state index contributed by atoms with van der Waals surface area (Å²) in [6, 6.07) is 4.69. The van der Waals surface area contributed by atoms with Gasteiger partial charge < -0.3 is 0 Å². The highest BCUT2D eigenvalue weighted by Crippen LogP contribution is 2.09. The van der Waals surface area contributed by atoms with Gasteiger partial charge in [-0.25, -0.2) is 4.39 Å². The molecule has 0 saturated carbocycles. The topological polar surface area (TPSA) is 43.1 Å². The molecule has 1 aromatic carbocycles. The molecule has 0 amide bonds. The molecule has 0 fully saturated rings. The van der Waals surface area contributed by atoms with Gasteiger partial charge >= 0.3 is 0 Å². The Kier molecular flexibility index (Phi) is 2.95. The minimum absolute atomic E-state index is 0.150. The standard InChI is InChI=1S/C9H10FNO2/c1-7-2-3-8(6-9(7)10)4-5-11(12)13/h2-3,6H,4-5H2,1H3. The second-order valence-corrected chi connectivity index (χ2v) is 2.89. The number of benzene rings is 1. The Balaban J connectivity index is 2.68. The molecule has 4 heteroatoms. The van der Waals surface area contributed by atoms with Gasteiger partial charge in [0.25, 0.3) is 0 Å². The van der Waals surface area contributed by atoms with Crippen molar-refractivity contribution >= 4 is 0 Å². The van der Waals surface area contributed by atoms with E-state index in [1.54, 1.807) is 19.1 Å². The molecule has 0 saturated heterocycles. The highest BCUT2D eigenvalue weighted by molar-refractivity contribution is 5.23. The predicted molar refractivity (Wildman–Crippen MR) is 46.7 cm³/mol. The van der Waals surface area contributed by atoms with E-state index in [9.17, 15) is 14.5 Å². The SMILES string of the molecule is Cc1ccc(CC[N+](=O)[O-])cc1F. The van der Waals surface area contributed by atoms with Gasteiger partial charge in [0.15, 0.2) is 0 Å². The maximum absolute atomic E-state index is 12.9. The fraction of sp³-hybridized carbons (Fsp3) is 0.333. The summed E-state index contributed by atoms with van der Waals surface area (Å²) in [7, 11) is 0. The summed E-state index contributed by atoms with van der Waals surface area (Å²) in [4.78, 5) is 9.63. The van der Waals surface area contributed by atoms with E-state index in [1.807, 2.05) is 0 Å². The van der Waals surface area contributed by atoms with Crippen molar-refractivity contribution in [3.8, 4) is 0 Å². The summed E-state index contributed by atoms with van der Waals surface area (Å²) in [6.45, 7) is 1.51. The van der Waals surface area contributed by atoms with Crippen LogP contribution in [0, 0.1) is 22.9 Å². The third-order valence-electron chi connectivity index (χ3n) is 1.82. The van der Waals surface area contributed by atoms with E-state index in [2.05, 4.69) is 0 Å². The number of rotatable bonds is 3. The van der Waals surface area contributed by atoms with Gasteiger partial charge in [-0.3, -0.25) is 10.1 Å². The summed E-state index contributed by atoms with van der Waals surface area (Å²) < 4.78 is 12.9. The van der Waals surface area contributed by atoms with Gasteiger partial charge in [-0.2, -0.15) is 0 Å². The number of aryl methyl sites for hydroxylation is 1. The first kappa shape index (κ1) is 9.64. The van der Waals surface area contributed by atoms with E-state index in [4.69, 9.17) is 0 Å². The summed E-state index contributed by atoms with van der Waals surface area (Å²) in [5, 5.41) is 10.0. The van der Waals surface area contributed by atoms with Crippen LogP contribution in [0.3, 0.4) is 0 Å². The molecule has 0 aliphatic rings. The summed E-state index contributed by atoms with van der Waals surface area (Å²) >= 11 is 0. The summed E-state index contributed by atoms with van der Waals surface area (Å²) in [5.74, 6) is -0.305. The molecule has 70 valence electrons. The molecule has 0 spiro atoms. The van der Waals surface area contributed by atoms with Crippen LogP contribution in [0.4, 0.5) is 4.39 Å². The van der Waals surface area contributed by atoms with Crippen molar-refractivity contribution in [1.29, 1.82) is 0 Å². The molecule has 0 unspecified atom stereocenters. The van der Waals surface area contributed by atoms with Crippen LogP contribution in [0.1, 0.15) is 11.1 Å². The Morgan fingerprint density at radius 3 is 2.77 bits per heavy atom. The van der Waals surface area contributed by atoms with Crippen LogP contribution < -0.4 is 0 Å². The molecule has 0 atom stereocenters. The molecular weight excluding hydrogens is 173 g/mol. The van der Waals surface area contributed by atoms with E-state index in [1.165, 1.54) is 6.07 Å². The van der Waals surface area contributed by atoms with Crippen molar-refractivity contribution in [2.24, 2.45) is 0 Å². The Bertz CT molecular complexity index is 325. The van der Waals surface area contributed by atoms with Crippen molar-refractivity contribution < 1.29 is 9.31 Å². The largest absolute Gasteiger partial charge is 0.265 e. The van der Waals surface area contributed by atoms with E-state index >= 15 is 0 Å². The monoisotopic (exact) mass is 183 g/mol. The number of halogens is 1. The van der Waals surface area contributed by atoms with Crippen LogP contribution in [0.2, 0.25) is 0 Å². The average molecular weight is 183 g/mol. The zero-order chi connectivity index (χ0) is 9.84. The molecule has 0 N–H and O–H groups in total. The average Bonchev–Trinajstić information content (AvgIpc) is 2.07. The zero-order valence-electron chi connectivity index (χ0n) is 7.29. The molecule has 0 aromatic heterocycles. The summed E-state index contributed by atoms with van der Waals surface area (Å²) in [5.41, 5.74) is 1.23. The Morgan fingerprint density at radius 2 is 2.23 bits per heavy atom. The van der Waals surface area contributed by atoms with Gasteiger partial charge in [0, 0.05) is 11.3 Å². The normalized spacial score (nSPS) is 10.0. The minimum Gasteiger partial charge on any atom is -0.265 e. The van der Waals surface area contributed by atoms with Crippen LogP contribution in [0.15, 0.2) is 18.2 Å². The highest BCUT2D eigenvalue weighted by Gasteiger charge is 2.02. The van der Waals surface area contributed by atoms with Crippen LogP contribution >= 0.6 is 0 Å². The lowest BCUT2D eigenvalue weighted by Crippen LogP contribution is -2.04. The zero-order valence-corrected chi connectivity index (χ0v) is 7.29. The number of nitrogens with zero attached hydrogens (tertiary/aromatic N) is 1. The molecule has 13 heavy (non-hydrogen) atoms. The van der Waals surface area contributed by atoms with Crippen LogP contribution in [-0.2, 0) is 6.42 Å². The molecular formula is C9H10FNO2. The maximum Gasteiger partial charge on any atom is 0.207 e. The fourth-order valence-corrected chi connectivity index (χ4v) is 1.01. The fourth-order valence-electron chi connectivity index (χ4n) is 1.01. The lowest BCUT2D eigenvalue weighted by molar-refractivity contribution is -0.479. The van der Waals surface area contributed by atoms with E-state index < -0.39 is 4.92 Å². The molecule has 1 aromatic rings. The van der Waals surface area contributed by atoms with E-state index in [0.29, 0.717) is 11.1 Å². The quantitative estimate of drug-likeness (QED) is 0.531. The Morgan fingerprint density at radius 1 is 1.54 bits per heavy atom. The Hall–Kier alpha value is -1.45. The molecule has 0 bridgehead atoms. The molecule has 0 heterocycles. The van der Waals surface area contributed by atoms with Gasteiger partial charge in [0.05, 0.1) is 0 Å². The maximum atomic E-state index is 12.9. The van der Waals surface area contributed by atoms with Crippen molar-refractivity contribution in [1.82, 2.24) is 0 Å². The van der Waals surface area contributed by atoms with Crippen molar-refractivity contribution in [2.75, 3.05) is 6.54 Å². The van der Waals surface area contributed by atoms with Gasteiger partial charge in [0.2, 0.25) is 6.54 Å². The lowest BCUT2D eigenvalue weighted by Gasteiger charge is -1.99. The third kappa shape index (κ3) is 2.82. The predicted octanol–water partition coefficient (Wildman–Crippen LogP) is 1.95. The molecule has 0 radical (unpaired) electrons.